The molecule has 0 saturated heterocycles. The Morgan fingerprint density at radius 1 is 1.33 bits per heavy atom. The number of rotatable bonds is 3. The summed E-state index contributed by atoms with van der Waals surface area (Å²) in [6.45, 7) is -0.275. The molecule has 0 radical (unpaired) electrons. The molecule has 1 aromatic carbocycles. The number of hydrogen-bond acceptors (Lipinski definition) is 4. The van der Waals surface area contributed by atoms with Gasteiger partial charge >= 0.3 is 5.69 Å². The zero-order valence-electron chi connectivity index (χ0n) is 10.2. The lowest BCUT2D eigenvalue weighted by Crippen LogP contribution is -2.39. The summed E-state index contributed by atoms with van der Waals surface area (Å²) in [6, 6.07) is 4.95. The number of nitrogens with zero attached hydrogens (tertiary/aromatic N) is 2. The lowest BCUT2D eigenvalue weighted by atomic mass is 10.2. The van der Waals surface area contributed by atoms with Crippen molar-refractivity contribution in [2.75, 3.05) is 13.7 Å². The van der Waals surface area contributed by atoms with Crippen molar-refractivity contribution in [3.8, 4) is 5.75 Å². The third-order valence-electron chi connectivity index (χ3n) is 2.88. The van der Waals surface area contributed by atoms with Crippen LogP contribution in [0.2, 0.25) is 0 Å². The van der Waals surface area contributed by atoms with E-state index in [1.807, 2.05) is 0 Å². The van der Waals surface area contributed by atoms with Gasteiger partial charge in [-0.25, -0.2) is 4.79 Å². The summed E-state index contributed by atoms with van der Waals surface area (Å²) >= 11 is 0. The molecule has 0 saturated carbocycles. The van der Waals surface area contributed by atoms with E-state index in [0.29, 0.717) is 16.7 Å². The van der Waals surface area contributed by atoms with E-state index in [1.54, 1.807) is 25.2 Å². The minimum absolute atomic E-state index is 0.0152. The molecule has 0 bridgehead atoms. The minimum Gasteiger partial charge on any atom is -0.497 e. The molecule has 1 heterocycles. The Bertz CT molecular complexity index is 700. The van der Waals surface area contributed by atoms with E-state index >= 15 is 0 Å². The summed E-state index contributed by atoms with van der Waals surface area (Å²) in [5.74, 6) is 0.550. The number of aliphatic hydroxyl groups is 1. The quantitative estimate of drug-likeness (QED) is 0.811. The van der Waals surface area contributed by atoms with E-state index < -0.39 is 11.2 Å². The molecule has 2 rings (SSSR count). The summed E-state index contributed by atoms with van der Waals surface area (Å²) in [5.41, 5.74) is -0.312. The molecule has 1 aromatic heterocycles. The molecule has 2 aromatic rings. The van der Waals surface area contributed by atoms with Gasteiger partial charge in [0.05, 0.1) is 31.2 Å². The Morgan fingerprint density at radius 2 is 2.06 bits per heavy atom. The van der Waals surface area contributed by atoms with E-state index in [2.05, 4.69) is 0 Å². The highest BCUT2D eigenvalue weighted by Crippen LogP contribution is 2.16. The molecule has 0 atom stereocenters. The van der Waals surface area contributed by atoms with Crippen molar-refractivity contribution in [1.29, 1.82) is 0 Å². The maximum Gasteiger partial charge on any atom is 0.331 e. The van der Waals surface area contributed by atoms with Crippen molar-refractivity contribution in [2.45, 2.75) is 6.54 Å². The van der Waals surface area contributed by atoms with Crippen molar-refractivity contribution >= 4 is 10.9 Å². The fourth-order valence-electron chi connectivity index (χ4n) is 1.92. The van der Waals surface area contributed by atoms with E-state index in [0.717, 1.165) is 4.57 Å². The Balaban J connectivity index is 2.90. The van der Waals surface area contributed by atoms with Gasteiger partial charge in [-0.1, -0.05) is 0 Å². The Morgan fingerprint density at radius 3 is 2.67 bits per heavy atom. The Kier molecular flexibility index (Phi) is 3.20. The first-order chi connectivity index (χ1) is 8.60. The number of ether oxygens (including phenoxy) is 1. The molecule has 1 N–H and O–H groups in total. The summed E-state index contributed by atoms with van der Waals surface area (Å²) in [7, 11) is 3.10. The standard InChI is InChI=1S/C12H14N2O4/c1-13-10-4-3-8(18-2)7-9(10)11(16)14(5-6-15)12(13)17/h3-4,7,15H,5-6H2,1-2H3. The number of methoxy groups -OCH3 is 1. The van der Waals surface area contributed by atoms with Crippen LogP contribution in [0.25, 0.3) is 10.9 Å². The lowest BCUT2D eigenvalue weighted by molar-refractivity contribution is 0.271. The topological polar surface area (TPSA) is 73.5 Å². The molecular weight excluding hydrogens is 236 g/mol. The number of aliphatic hydroxyl groups excluding tert-OH is 1. The molecule has 0 aliphatic carbocycles. The van der Waals surface area contributed by atoms with Gasteiger partial charge in [0.15, 0.2) is 0 Å². The van der Waals surface area contributed by atoms with Gasteiger partial charge < -0.3 is 9.84 Å². The van der Waals surface area contributed by atoms with Crippen LogP contribution < -0.4 is 16.0 Å². The van der Waals surface area contributed by atoms with Crippen molar-refractivity contribution < 1.29 is 9.84 Å². The molecule has 96 valence electrons. The molecule has 0 aliphatic rings. The van der Waals surface area contributed by atoms with Gasteiger partial charge in [-0.2, -0.15) is 0 Å². The van der Waals surface area contributed by atoms with Gasteiger partial charge in [0, 0.05) is 7.05 Å². The van der Waals surface area contributed by atoms with E-state index in [9.17, 15) is 9.59 Å². The van der Waals surface area contributed by atoms with Crippen LogP contribution in [0.4, 0.5) is 0 Å². The first kappa shape index (κ1) is 12.4. The van der Waals surface area contributed by atoms with Gasteiger partial charge in [-0.15, -0.1) is 0 Å². The van der Waals surface area contributed by atoms with Crippen LogP contribution in [0.1, 0.15) is 0 Å². The molecule has 6 heteroatoms. The highest BCUT2D eigenvalue weighted by atomic mass is 16.5. The second kappa shape index (κ2) is 4.66. The van der Waals surface area contributed by atoms with E-state index in [-0.39, 0.29) is 13.2 Å². The van der Waals surface area contributed by atoms with Gasteiger partial charge in [-0.3, -0.25) is 13.9 Å². The lowest BCUT2D eigenvalue weighted by Gasteiger charge is -2.10. The van der Waals surface area contributed by atoms with E-state index in [4.69, 9.17) is 9.84 Å². The Hall–Kier alpha value is -2.08. The predicted octanol–water partition coefficient (Wildman–Crippen LogP) is -0.299. The second-order valence-electron chi connectivity index (χ2n) is 3.91. The zero-order chi connectivity index (χ0) is 13.3. The van der Waals surface area contributed by atoms with E-state index in [1.165, 1.54) is 11.7 Å². The zero-order valence-corrected chi connectivity index (χ0v) is 10.2. The van der Waals surface area contributed by atoms with Crippen LogP contribution in [0.15, 0.2) is 27.8 Å². The van der Waals surface area contributed by atoms with Gasteiger partial charge in [0.2, 0.25) is 0 Å². The molecule has 0 amide bonds. The highest BCUT2D eigenvalue weighted by molar-refractivity contribution is 5.79. The molecule has 0 fully saturated rings. The molecule has 18 heavy (non-hydrogen) atoms. The number of aromatic nitrogens is 2. The fraction of sp³-hybridized carbons (Fsp3) is 0.333. The highest BCUT2D eigenvalue weighted by Gasteiger charge is 2.11. The van der Waals surface area contributed by atoms with Crippen molar-refractivity contribution in [2.24, 2.45) is 7.05 Å². The fourth-order valence-corrected chi connectivity index (χ4v) is 1.92. The minimum atomic E-state index is -0.438. The maximum atomic E-state index is 12.1. The number of hydrogen-bond donors (Lipinski definition) is 1. The van der Waals surface area contributed by atoms with Crippen LogP contribution in [-0.2, 0) is 13.6 Å². The van der Waals surface area contributed by atoms with Crippen LogP contribution in [0.3, 0.4) is 0 Å². The summed E-state index contributed by atoms with van der Waals surface area (Å²) in [4.78, 5) is 24.1. The van der Waals surface area contributed by atoms with Crippen molar-refractivity contribution in [3.63, 3.8) is 0 Å². The van der Waals surface area contributed by atoms with Crippen LogP contribution in [0.5, 0.6) is 5.75 Å². The predicted molar refractivity (Wildman–Crippen MR) is 67.1 cm³/mol. The van der Waals surface area contributed by atoms with Crippen LogP contribution >= 0.6 is 0 Å². The average molecular weight is 250 g/mol. The van der Waals surface area contributed by atoms with Crippen molar-refractivity contribution in [3.05, 3.63) is 39.0 Å². The first-order valence-corrected chi connectivity index (χ1v) is 5.48. The van der Waals surface area contributed by atoms with Crippen LogP contribution in [-0.4, -0.2) is 28.0 Å². The molecule has 0 spiro atoms. The second-order valence-corrected chi connectivity index (χ2v) is 3.91. The molecule has 0 unspecified atom stereocenters. The average Bonchev–Trinajstić information content (AvgIpc) is 2.40. The van der Waals surface area contributed by atoms with Crippen molar-refractivity contribution in [1.82, 2.24) is 9.13 Å². The summed E-state index contributed by atoms with van der Waals surface area (Å²) < 4.78 is 7.46. The SMILES string of the molecule is COc1ccc2c(c1)c(=O)n(CCO)c(=O)n2C. The molecular formula is C12H14N2O4. The number of benzene rings is 1. The number of aryl methyl sites for hydroxylation is 1. The summed E-state index contributed by atoms with van der Waals surface area (Å²) in [5, 5.41) is 9.29. The van der Waals surface area contributed by atoms with Gasteiger partial charge in [-0.05, 0) is 18.2 Å². The largest absolute Gasteiger partial charge is 0.497 e. The van der Waals surface area contributed by atoms with Gasteiger partial charge in [0.1, 0.15) is 5.75 Å². The first-order valence-electron chi connectivity index (χ1n) is 5.48. The third kappa shape index (κ3) is 1.80. The van der Waals surface area contributed by atoms with Crippen LogP contribution in [0, 0.1) is 0 Å². The maximum absolute atomic E-state index is 12.1. The van der Waals surface area contributed by atoms with Gasteiger partial charge in [0.25, 0.3) is 5.56 Å². The Labute approximate surface area is 103 Å². The molecule has 6 nitrogen and oxygen atoms in total. The smallest absolute Gasteiger partial charge is 0.331 e. The molecule has 0 aliphatic heterocycles. The number of fused-ring (bicyclic) bond motifs is 1. The summed E-state index contributed by atoms with van der Waals surface area (Å²) in [6.07, 6.45) is 0. The monoisotopic (exact) mass is 250 g/mol. The normalized spacial score (nSPS) is 10.8. The third-order valence-corrected chi connectivity index (χ3v) is 2.88.